The number of rotatable bonds is 7. The van der Waals surface area contributed by atoms with Crippen LogP contribution in [0.15, 0.2) is 35.2 Å². The lowest BCUT2D eigenvalue weighted by molar-refractivity contribution is -0.115. The Balaban J connectivity index is 1.75. The van der Waals surface area contributed by atoms with Crippen molar-refractivity contribution in [3.05, 3.63) is 41.8 Å². The van der Waals surface area contributed by atoms with Crippen LogP contribution < -0.4 is 5.32 Å². The maximum atomic E-state index is 13.4. The second-order valence-corrected chi connectivity index (χ2v) is 5.74. The van der Waals surface area contributed by atoms with Crippen molar-refractivity contribution in [1.82, 2.24) is 10.2 Å². The number of aromatic nitrogens is 2. The highest BCUT2D eigenvalue weighted by Gasteiger charge is 2.07. The van der Waals surface area contributed by atoms with Gasteiger partial charge in [0.15, 0.2) is 5.82 Å². The second kappa shape index (κ2) is 7.83. The van der Waals surface area contributed by atoms with Crippen molar-refractivity contribution in [3.63, 3.8) is 0 Å². The molecule has 0 aliphatic heterocycles. The molecule has 0 saturated carbocycles. The monoisotopic (exact) mass is 307 g/mol. The van der Waals surface area contributed by atoms with Gasteiger partial charge in [-0.3, -0.25) is 9.89 Å². The quantitative estimate of drug-likeness (QED) is 0.768. The molecule has 0 bridgehead atoms. The minimum atomic E-state index is -0.251. The van der Waals surface area contributed by atoms with Crippen LogP contribution in [-0.2, 0) is 11.2 Å². The Bertz CT molecular complexity index is 600. The molecule has 0 atom stereocenters. The van der Waals surface area contributed by atoms with E-state index in [0.717, 1.165) is 18.5 Å². The summed E-state index contributed by atoms with van der Waals surface area (Å²) in [7, 11) is 0. The van der Waals surface area contributed by atoms with Crippen LogP contribution >= 0.6 is 11.8 Å². The van der Waals surface area contributed by atoms with Crippen LogP contribution in [0, 0.1) is 5.82 Å². The number of nitrogens with one attached hydrogen (secondary N) is 2. The van der Waals surface area contributed by atoms with Crippen LogP contribution in [0.25, 0.3) is 0 Å². The zero-order chi connectivity index (χ0) is 15.1. The number of H-pyrrole nitrogens is 1. The highest BCUT2D eigenvalue weighted by molar-refractivity contribution is 7.99. The van der Waals surface area contributed by atoms with Crippen LogP contribution in [-0.4, -0.2) is 21.9 Å². The normalized spacial score (nSPS) is 10.6. The Kier molecular flexibility index (Phi) is 5.80. The number of benzene rings is 1. The smallest absolute Gasteiger partial charge is 0.226 e. The maximum Gasteiger partial charge on any atom is 0.226 e. The molecule has 0 saturated heterocycles. The molecule has 1 aromatic heterocycles. The van der Waals surface area contributed by atoms with Crippen molar-refractivity contribution in [2.24, 2.45) is 0 Å². The third kappa shape index (κ3) is 4.90. The van der Waals surface area contributed by atoms with Crippen molar-refractivity contribution >= 4 is 23.5 Å². The van der Waals surface area contributed by atoms with E-state index in [0.29, 0.717) is 22.9 Å². The molecule has 1 heterocycles. The standard InChI is InChI=1S/C15H18FN3OS/c1-2-5-11-10-14(19-18-11)17-15(20)8-9-21-13-7-4-3-6-12(13)16/h3-4,6-7,10H,2,5,8-9H2,1H3,(H2,17,18,19,20). The number of hydrogen-bond donors (Lipinski definition) is 2. The van der Waals surface area contributed by atoms with Gasteiger partial charge in [0.2, 0.25) is 5.91 Å². The first-order chi connectivity index (χ1) is 10.2. The fraction of sp³-hybridized carbons (Fsp3) is 0.333. The molecule has 2 rings (SSSR count). The van der Waals surface area contributed by atoms with Gasteiger partial charge in [0.05, 0.1) is 0 Å². The minimum Gasteiger partial charge on any atom is -0.309 e. The summed E-state index contributed by atoms with van der Waals surface area (Å²) in [6.45, 7) is 2.08. The predicted octanol–water partition coefficient (Wildman–Crippen LogP) is 3.62. The Labute approximate surface area is 127 Å². The van der Waals surface area contributed by atoms with Gasteiger partial charge in [-0.25, -0.2) is 4.39 Å². The van der Waals surface area contributed by atoms with Gasteiger partial charge in [-0.1, -0.05) is 25.5 Å². The molecule has 0 unspecified atom stereocenters. The van der Waals surface area contributed by atoms with E-state index in [9.17, 15) is 9.18 Å². The number of anilines is 1. The van der Waals surface area contributed by atoms with Gasteiger partial charge in [-0.05, 0) is 18.6 Å². The SMILES string of the molecule is CCCc1cc(NC(=O)CCSc2ccccc2F)n[nH]1. The van der Waals surface area contributed by atoms with E-state index < -0.39 is 0 Å². The van der Waals surface area contributed by atoms with E-state index in [1.807, 2.05) is 6.07 Å². The number of halogens is 1. The molecule has 0 aliphatic rings. The summed E-state index contributed by atoms with van der Waals surface area (Å²) in [5.41, 5.74) is 1.01. The zero-order valence-corrected chi connectivity index (χ0v) is 12.7. The highest BCUT2D eigenvalue weighted by Crippen LogP contribution is 2.21. The number of aryl methyl sites for hydroxylation is 1. The van der Waals surface area contributed by atoms with Crippen LogP contribution in [0.4, 0.5) is 10.2 Å². The van der Waals surface area contributed by atoms with Crippen LogP contribution in [0.2, 0.25) is 0 Å². The van der Waals surface area contributed by atoms with Gasteiger partial charge in [-0.2, -0.15) is 5.10 Å². The summed E-state index contributed by atoms with van der Waals surface area (Å²) in [6, 6.07) is 8.40. The van der Waals surface area contributed by atoms with E-state index in [2.05, 4.69) is 22.4 Å². The maximum absolute atomic E-state index is 13.4. The molecular formula is C15H18FN3OS. The van der Waals surface area contributed by atoms with Crippen LogP contribution in [0.5, 0.6) is 0 Å². The van der Waals surface area contributed by atoms with Crippen molar-refractivity contribution in [2.75, 3.05) is 11.1 Å². The average molecular weight is 307 g/mol. The molecule has 0 aliphatic carbocycles. The number of nitrogens with zero attached hydrogens (tertiary/aromatic N) is 1. The molecule has 1 amide bonds. The Morgan fingerprint density at radius 1 is 1.43 bits per heavy atom. The highest BCUT2D eigenvalue weighted by atomic mass is 32.2. The van der Waals surface area contributed by atoms with E-state index in [-0.39, 0.29) is 11.7 Å². The molecule has 0 radical (unpaired) electrons. The summed E-state index contributed by atoms with van der Waals surface area (Å²) in [4.78, 5) is 12.3. The van der Waals surface area contributed by atoms with Crippen molar-refractivity contribution in [3.8, 4) is 0 Å². The third-order valence-corrected chi connectivity index (χ3v) is 3.89. The number of thioether (sulfide) groups is 1. The van der Waals surface area contributed by atoms with E-state index in [4.69, 9.17) is 0 Å². The fourth-order valence-corrected chi connectivity index (χ4v) is 2.73. The lowest BCUT2D eigenvalue weighted by Crippen LogP contribution is -2.12. The van der Waals surface area contributed by atoms with Gasteiger partial charge in [0.1, 0.15) is 5.82 Å². The first-order valence-electron chi connectivity index (χ1n) is 6.90. The number of carbonyl (C=O) groups is 1. The molecule has 4 nitrogen and oxygen atoms in total. The summed E-state index contributed by atoms with van der Waals surface area (Å²) < 4.78 is 13.4. The van der Waals surface area contributed by atoms with Crippen LogP contribution in [0.3, 0.4) is 0 Å². The van der Waals surface area contributed by atoms with E-state index >= 15 is 0 Å². The van der Waals surface area contributed by atoms with Crippen LogP contribution in [0.1, 0.15) is 25.5 Å². The Hall–Kier alpha value is -1.82. The van der Waals surface area contributed by atoms with Gasteiger partial charge >= 0.3 is 0 Å². The largest absolute Gasteiger partial charge is 0.309 e. The number of aromatic amines is 1. The summed E-state index contributed by atoms with van der Waals surface area (Å²) in [5, 5.41) is 9.65. The lowest BCUT2D eigenvalue weighted by Gasteiger charge is -2.03. The summed E-state index contributed by atoms with van der Waals surface area (Å²) in [6.07, 6.45) is 2.25. The van der Waals surface area contributed by atoms with Gasteiger partial charge in [0.25, 0.3) is 0 Å². The van der Waals surface area contributed by atoms with Crippen molar-refractivity contribution < 1.29 is 9.18 Å². The number of amides is 1. The summed E-state index contributed by atoms with van der Waals surface area (Å²) in [5.74, 6) is 0.700. The first kappa shape index (κ1) is 15.6. The second-order valence-electron chi connectivity index (χ2n) is 4.61. The number of carbonyl (C=O) groups excluding carboxylic acids is 1. The van der Waals surface area contributed by atoms with Crippen molar-refractivity contribution in [2.45, 2.75) is 31.1 Å². The van der Waals surface area contributed by atoms with Crippen molar-refractivity contribution in [1.29, 1.82) is 0 Å². The molecule has 0 fully saturated rings. The molecule has 112 valence electrons. The lowest BCUT2D eigenvalue weighted by atomic mass is 10.2. The molecule has 1 aromatic carbocycles. The predicted molar refractivity (Wildman–Crippen MR) is 83.0 cm³/mol. The van der Waals surface area contributed by atoms with Gasteiger partial charge < -0.3 is 5.32 Å². The minimum absolute atomic E-state index is 0.117. The molecule has 0 spiro atoms. The van der Waals surface area contributed by atoms with Gasteiger partial charge in [-0.15, -0.1) is 11.8 Å². The van der Waals surface area contributed by atoms with Gasteiger partial charge in [0, 0.05) is 28.8 Å². The Morgan fingerprint density at radius 2 is 2.24 bits per heavy atom. The summed E-state index contributed by atoms with van der Waals surface area (Å²) >= 11 is 1.34. The topological polar surface area (TPSA) is 57.8 Å². The molecule has 2 N–H and O–H groups in total. The third-order valence-electron chi connectivity index (χ3n) is 2.84. The molecular weight excluding hydrogens is 289 g/mol. The molecule has 2 aromatic rings. The van der Waals surface area contributed by atoms with E-state index in [1.165, 1.54) is 17.8 Å². The molecule has 21 heavy (non-hydrogen) atoms. The number of hydrogen-bond acceptors (Lipinski definition) is 3. The zero-order valence-electron chi connectivity index (χ0n) is 11.9. The average Bonchev–Trinajstić information content (AvgIpc) is 2.88. The van der Waals surface area contributed by atoms with E-state index in [1.54, 1.807) is 18.2 Å². The Morgan fingerprint density at radius 3 is 3.00 bits per heavy atom. The first-order valence-corrected chi connectivity index (χ1v) is 7.89. The molecule has 6 heteroatoms. The fourth-order valence-electron chi connectivity index (χ4n) is 1.84.